The van der Waals surface area contributed by atoms with E-state index in [1.807, 2.05) is 0 Å². The lowest BCUT2D eigenvalue weighted by Gasteiger charge is -2.07. The largest absolute Gasteiger partial charge is 0.497 e. The molecule has 0 saturated carbocycles. The fourth-order valence-corrected chi connectivity index (χ4v) is 2.47. The van der Waals surface area contributed by atoms with E-state index in [1.54, 1.807) is 63.8 Å². The van der Waals surface area contributed by atoms with Gasteiger partial charge in [-0.05, 0) is 36.4 Å². The van der Waals surface area contributed by atoms with Crippen LogP contribution in [-0.2, 0) is 11.3 Å². The van der Waals surface area contributed by atoms with Crippen molar-refractivity contribution in [3.8, 4) is 34.4 Å². The second-order valence-electron chi connectivity index (χ2n) is 5.82. The fourth-order valence-electron chi connectivity index (χ4n) is 2.47. The summed E-state index contributed by atoms with van der Waals surface area (Å²) in [4.78, 5) is 16.3. The first-order valence-electron chi connectivity index (χ1n) is 8.71. The third-order valence-corrected chi connectivity index (χ3v) is 3.98. The number of carbonyl (C=O) groups is 1. The van der Waals surface area contributed by atoms with E-state index in [9.17, 15) is 4.79 Å². The summed E-state index contributed by atoms with van der Waals surface area (Å²) in [7, 11) is 4.70. The number of nitrogens with zero attached hydrogens (tertiary/aromatic N) is 2. The van der Waals surface area contributed by atoms with Crippen molar-refractivity contribution in [3.05, 3.63) is 48.4 Å². The van der Waals surface area contributed by atoms with Crippen LogP contribution in [0.15, 0.2) is 47.0 Å². The quantitative estimate of drug-likeness (QED) is 0.585. The second kappa shape index (κ2) is 9.45. The van der Waals surface area contributed by atoms with E-state index in [0.29, 0.717) is 34.4 Å². The molecule has 0 atom stereocenters. The molecule has 9 heteroatoms. The van der Waals surface area contributed by atoms with Crippen LogP contribution < -0.4 is 24.3 Å². The molecule has 0 aliphatic rings. The molecule has 1 N–H and O–H groups in total. The van der Waals surface area contributed by atoms with E-state index in [-0.39, 0.29) is 24.9 Å². The van der Waals surface area contributed by atoms with Crippen molar-refractivity contribution in [1.82, 2.24) is 15.5 Å². The maximum atomic E-state index is 12.0. The molecule has 0 saturated heterocycles. The van der Waals surface area contributed by atoms with Crippen LogP contribution in [0.25, 0.3) is 11.4 Å². The standard InChI is InChI=1S/C20H21N3O6/c1-25-13-4-6-14(7-5-13)28-12-18(24)21-11-19-22-20(23-29-19)16-9-8-15(26-2)10-17(16)27-3/h4-10H,11-12H2,1-3H3,(H,21,24). The van der Waals surface area contributed by atoms with Crippen molar-refractivity contribution in [2.24, 2.45) is 0 Å². The highest BCUT2D eigenvalue weighted by atomic mass is 16.5. The summed E-state index contributed by atoms with van der Waals surface area (Å²) in [5.74, 6) is 2.77. The first kappa shape index (κ1) is 20.0. The van der Waals surface area contributed by atoms with Crippen LogP contribution in [0, 0.1) is 0 Å². The Kier molecular flexibility index (Phi) is 6.51. The SMILES string of the molecule is COc1ccc(OCC(=O)NCc2nc(-c3ccc(OC)cc3OC)no2)cc1. The molecule has 152 valence electrons. The third-order valence-electron chi connectivity index (χ3n) is 3.98. The first-order chi connectivity index (χ1) is 14.1. The van der Waals surface area contributed by atoms with Gasteiger partial charge in [-0.25, -0.2) is 0 Å². The van der Waals surface area contributed by atoms with Gasteiger partial charge in [0.2, 0.25) is 11.7 Å². The van der Waals surface area contributed by atoms with E-state index < -0.39 is 0 Å². The Balaban J connectivity index is 1.54. The number of methoxy groups -OCH3 is 3. The summed E-state index contributed by atoms with van der Waals surface area (Å²) in [5, 5.41) is 6.60. The number of rotatable bonds is 9. The van der Waals surface area contributed by atoms with E-state index in [1.165, 1.54) is 0 Å². The molecule has 1 heterocycles. The Hall–Kier alpha value is -3.75. The molecule has 0 bridgehead atoms. The predicted octanol–water partition coefficient (Wildman–Crippen LogP) is 2.46. The highest BCUT2D eigenvalue weighted by Gasteiger charge is 2.15. The normalized spacial score (nSPS) is 10.3. The lowest BCUT2D eigenvalue weighted by Crippen LogP contribution is -2.28. The van der Waals surface area contributed by atoms with Crippen LogP contribution in [0.4, 0.5) is 0 Å². The van der Waals surface area contributed by atoms with Gasteiger partial charge in [0, 0.05) is 6.07 Å². The molecular formula is C20H21N3O6. The van der Waals surface area contributed by atoms with Crippen molar-refractivity contribution in [1.29, 1.82) is 0 Å². The molecule has 0 aliphatic heterocycles. The average Bonchev–Trinajstić information content (AvgIpc) is 3.25. The number of carbonyl (C=O) groups excluding carboxylic acids is 1. The van der Waals surface area contributed by atoms with Crippen LogP contribution in [0.2, 0.25) is 0 Å². The zero-order chi connectivity index (χ0) is 20.6. The van der Waals surface area contributed by atoms with Gasteiger partial charge in [-0.15, -0.1) is 0 Å². The Morgan fingerprint density at radius 2 is 1.66 bits per heavy atom. The van der Waals surface area contributed by atoms with Gasteiger partial charge < -0.3 is 28.8 Å². The van der Waals surface area contributed by atoms with Crippen molar-refractivity contribution >= 4 is 5.91 Å². The summed E-state index contributed by atoms with van der Waals surface area (Å²) in [6.07, 6.45) is 0. The minimum absolute atomic E-state index is 0.0796. The maximum Gasteiger partial charge on any atom is 0.258 e. The lowest BCUT2D eigenvalue weighted by molar-refractivity contribution is -0.123. The van der Waals surface area contributed by atoms with Crippen LogP contribution >= 0.6 is 0 Å². The minimum atomic E-state index is -0.317. The number of hydrogen-bond acceptors (Lipinski definition) is 8. The molecule has 29 heavy (non-hydrogen) atoms. The molecule has 0 spiro atoms. The van der Waals surface area contributed by atoms with Gasteiger partial charge in [-0.2, -0.15) is 4.98 Å². The first-order valence-corrected chi connectivity index (χ1v) is 8.71. The Labute approximate surface area is 167 Å². The summed E-state index contributed by atoms with van der Waals surface area (Å²) in [5.41, 5.74) is 0.650. The molecule has 3 rings (SSSR count). The summed E-state index contributed by atoms with van der Waals surface area (Å²) < 4.78 is 26.2. The number of benzene rings is 2. The molecule has 1 amide bonds. The minimum Gasteiger partial charge on any atom is -0.497 e. The number of amides is 1. The Bertz CT molecular complexity index is 955. The van der Waals surface area contributed by atoms with Gasteiger partial charge >= 0.3 is 0 Å². The van der Waals surface area contributed by atoms with Gasteiger partial charge in [-0.1, -0.05) is 5.16 Å². The van der Waals surface area contributed by atoms with E-state index in [0.717, 1.165) is 0 Å². The smallest absolute Gasteiger partial charge is 0.258 e. The highest BCUT2D eigenvalue weighted by Crippen LogP contribution is 2.31. The molecule has 0 radical (unpaired) electrons. The summed E-state index contributed by atoms with van der Waals surface area (Å²) >= 11 is 0. The Morgan fingerprint density at radius 3 is 2.34 bits per heavy atom. The van der Waals surface area contributed by atoms with Gasteiger partial charge in [0.05, 0.1) is 33.4 Å². The summed E-state index contributed by atoms with van der Waals surface area (Å²) in [6, 6.07) is 12.2. The summed E-state index contributed by atoms with van der Waals surface area (Å²) in [6.45, 7) is -0.0596. The monoisotopic (exact) mass is 399 g/mol. The number of aromatic nitrogens is 2. The van der Waals surface area contributed by atoms with Gasteiger partial charge in [0.1, 0.15) is 23.0 Å². The average molecular weight is 399 g/mol. The van der Waals surface area contributed by atoms with Gasteiger partial charge in [-0.3, -0.25) is 4.79 Å². The number of ether oxygens (including phenoxy) is 4. The molecule has 9 nitrogen and oxygen atoms in total. The zero-order valence-corrected chi connectivity index (χ0v) is 16.3. The van der Waals surface area contributed by atoms with Gasteiger partial charge in [0.25, 0.3) is 5.91 Å². The van der Waals surface area contributed by atoms with Crippen molar-refractivity contribution in [2.75, 3.05) is 27.9 Å². The number of nitrogens with one attached hydrogen (secondary N) is 1. The molecule has 1 aromatic heterocycles. The molecule has 0 aliphatic carbocycles. The van der Waals surface area contributed by atoms with E-state index in [2.05, 4.69) is 15.5 Å². The highest BCUT2D eigenvalue weighted by molar-refractivity contribution is 5.77. The fraction of sp³-hybridized carbons (Fsp3) is 0.250. The molecule has 2 aromatic carbocycles. The molecule has 3 aromatic rings. The van der Waals surface area contributed by atoms with Crippen LogP contribution in [0.3, 0.4) is 0 Å². The molecule has 0 unspecified atom stereocenters. The predicted molar refractivity (Wildman–Crippen MR) is 103 cm³/mol. The maximum absolute atomic E-state index is 12.0. The third kappa shape index (κ3) is 5.16. The van der Waals surface area contributed by atoms with Crippen LogP contribution in [0.1, 0.15) is 5.89 Å². The van der Waals surface area contributed by atoms with Crippen molar-refractivity contribution < 1.29 is 28.3 Å². The van der Waals surface area contributed by atoms with Crippen LogP contribution in [0.5, 0.6) is 23.0 Å². The number of hydrogen-bond donors (Lipinski definition) is 1. The van der Waals surface area contributed by atoms with Crippen molar-refractivity contribution in [2.45, 2.75) is 6.54 Å². The second-order valence-corrected chi connectivity index (χ2v) is 5.82. The molecular weight excluding hydrogens is 378 g/mol. The Morgan fingerprint density at radius 1 is 0.966 bits per heavy atom. The van der Waals surface area contributed by atoms with Crippen molar-refractivity contribution in [3.63, 3.8) is 0 Å². The van der Waals surface area contributed by atoms with Gasteiger partial charge in [0.15, 0.2) is 6.61 Å². The van der Waals surface area contributed by atoms with Crippen LogP contribution in [-0.4, -0.2) is 44.0 Å². The zero-order valence-electron chi connectivity index (χ0n) is 16.3. The van der Waals surface area contributed by atoms with E-state index in [4.69, 9.17) is 23.5 Å². The lowest BCUT2D eigenvalue weighted by atomic mass is 10.2. The molecule has 0 fully saturated rings. The topological polar surface area (TPSA) is 105 Å². The van der Waals surface area contributed by atoms with E-state index >= 15 is 0 Å².